The van der Waals surface area contributed by atoms with Gasteiger partial charge in [0.2, 0.25) is 0 Å². The molecule has 0 aliphatic carbocycles. The normalized spacial score (nSPS) is 13.0. The summed E-state index contributed by atoms with van der Waals surface area (Å²) in [5.74, 6) is 0.573. The van der Waals surface area contributed by atoms with Crippen LogP contribution < -0.4 is 9.64 Å². The summed E-state index contributed by atoms with van der Waals surface area (Å²) in [5, 5.41) is 0.586. The second-order valence-electron chi connectivity index (χ2n) is 6.41. The first-order valence-corrected chi connectivity index (χ1v) is 9.78. The highest BCUT2D eigenvalue weighted by Gasteiger charge is 2.39. The van der Waals surface area contributed by atoms with Crippen molar-refractivity contribution in [3.8, 4) is 5.75 Å². The molecule has 1 aromatic heterocycles. The number of fused-ring (bicyclic) bond motifs is 1. The van der Waals surface area contributed by atoms with Crippen molar-refractivity contribution in [2.45, 2.75) is 17.7 Å². The molecule has 5 nitrogen and oxygen atoms in total. The van der Waals surface area contributed by atoms with Crippen LogP contribution in [0.15, 0.2) is 65.7 Å². The van der Waals surface area contributed by atoms with Gasteiger partial charge in [0.1, 0.15) is 10.8 Å². The number of benzene rings is 2. The summed E-state index contributed by atoms with van der Waals surface area (Å²) in [6.45, 7) is 1.83. The van der Waals surface area contributed by atoms with Crippen LogP contribution in [0.5, 0.6) is 5.75 Å². The maximum Gasteiger partial charge on any atom is 0.268 e. The molecule has 140 valence electrons. The number of anilines is 1. The third-order valence-electron chi connectivity index (χ3n) is 4.49. The van der Waals surface area contributed by atoms with Gasteiger partial charge in [0.15, 0.2) is 0 Å². The van der Waals surface area contributed by atoms with Crippen LogP contribution in [0, 0.1) is 6.92 Å². The van der Waals surface area contributed by atoms with Crippen molar-refractivity contribution < 1.29 is 14.3 Å². The van der Waals surface area contributed by atoms with Crippen molar-refractivity contribution in [1.82, 2.24) is 4.98 Å². The van der Waals surface area contributed by atoms with E-state index < -0.39 is 0 Å². The summed E-state index contributed by atoms with van der Waals surface area (Å²) in [5.41, 5.74) is 3.10. The Morgan fingerprint density at radius 2 is 1.79 bits per heavy atom. The van der Waals surface area contributed by atoms with Crippen LogP contribution >= 0.6 is 11.8 Å². The van der Waals surface area contributed by atoms with Crippen LogP contribution in [0.3, 0.4) is 0 Å². The molecule has 0 spiro atoms. The second-order valence-corrected chi connectivity index (χ2v) is 7.38. The van der Waals surface area contributed by atoms with E-state index in [1.807, 2.05) is 37.3 Å². The lowest BCUT2D eigenvalue weighted by atomic mass is 10.1. The predicted octanol–water partition coefficient (Wildman–Crippen LogP) is 4.49. The minimum atomic E-state index is -0.351. The van der Waals surface area contributed by atoms with E-state index in [1.54, 1.807) is 37.4 Å². The Kier molecular flexibility index (Phi) is 4.88. The molecule has 3 aromatic rings. The highest BCUT2D eigenvalue weighted by molar-refractivity contribution is 7.98. The smallest absolute Gasteiger partial charge is 0.268 e. The highest BCUT2D eigenvalue weighted by Crippen LogP contribution is 2.36. The summed E-state index contributed by atoms with van der Waals surface area (Å²) in [6.07, 6.45) is 0. The molecule has 4 rings (SSSR count). The first-order chi connectivity index (χ1) is 13.6. The first-order valence-electron chi connectivity index (χ1n) is 8.79. The molecule has 0 unspecified atom stereocenters. The molecule has 0 bridgehead atoms. The molecule has 2 aromatic carbocycles. The summed E-state index contributed by atoms with van der Waals surface area (Å²) in [6, 6.07) is 18.6. The van der Waals surface area contributed by atoms with E-state index in [9.17, 15) is 9.59 Å². The molecule has 0 N–H and O–H groups in total. The van der Waals surface area contributed by atoms with E-state index in [0.29, 0.717) is 39.0 Å². The number of imide groups is 1. The van der Waals surface area contributed by atoms with Crippen LogP contribution in [0.1, 0.15) is 32.0 Å². The van der Waals surface area contributed by atoms with E-state index in [-0.39, 0.29) is 11.8 Å². The van der Waals surface area contributed by atoms with Crippen molar-refractivity contribution in [1.29, 1.82) is 0 Å². The third kappa shape index (κ3) is 3.27. The van der Waals surface area contributed by atoms with Crippen LogP contribution in [0.2, 0.25) is 0 Å². The fourth-order valence-electron chi connectivity index (χ4n) is 3.16. The number of aryl methyl sites for hydroxylation is 1. The Balaban J connectivity index is 1.71. The van der Waals surface area contributed by atoms with Gasteiger partial charge in [-0.25, -0.2) is 9.88 Å². The van der Waals surface area contributed by atoms with Gasteiger partial charge in [-0.05, 0) is 30.7 Å². The second kappa shape index (κ2) is 7.48. The molecule has 0 atom stereocenters. The minimum Gasteiger partial charge on any atom is -0.497 e. The molecular weight excluding hydrogens is 372 g/mol. The molecule has 0 saturated heterocycles. The third-order valence-corrected chi connectivity index (χ3v) is 5.54. The van der Waals surface area contributed by atoms with Crippen molar-refractivity contribution >= 4 is 29.3 Å². The standard InChI is InChI=1S/C22H18N2O3S/c1-14-11-18-19(20(23-14)28-13-15-7-4-3-5-8-15)22(26)24(21(18)25)16-9-6-10-17(12-16)27-2/h3-12H,13H2,1-2H3. The number of hydrogen-bond donors (Lipinski definition) is 0. The number of carbonyl (C=O) groups is 2. The van der Waals surface area contributed by atoms with E-state index in [1.165, 1.54) is 16.7 Å². The van der Waals surface area contributed by atoms with Gasteiger partial charge in [-0.1, -0.05) is 36.4 Å². The van der Waals surface area contributed by atoms with E-state index >= 15 is 0 Å². The fourth-order valence-corrected chi connectivity index (χ4v) is 4.20. The van der Waals surface area contributed by atoms with E-state index in [2.05, 4.69) is 4.98 Å². The number of aromatic nitrogens is 1. The van der Waals surface area contributed by atoms with Crippen molar-refractivity contribution in [2.75, 3.05) is 12.0 Å². The number of carbonyl (C=O) groups excluding carboxylic acids is 2. The van der Waals surface area contributed by atoms with E-state index in [0.717, 1.165) is 5.56 Å². The van der Waals surface area contributed by atoms with Gasteiger partial charge in [-0.15, -0.1) is 11.8 Å². The Morgan fingerprint density at radius 1 is 1.00 bits per heavy atom. The van der Waals surface area contributed by atoms with Gasteiger partial charge in [-0.3, -0.25) is 9.59 Å². The average Bonchev–Trinajstić information content (AvgIpc) is 2.97. The van der Waals surface area contributed by atoms with Gasteiger partial charge in [0, 0.05) is 17.5 Å². The zero-order chi connectivity index (χ0) is 19.7. The lowest BCUT2D eigenvalue weighted by Gasteiger charge is -2.14. The van der Waals surface area contributed by atoms with Crippen LogP contribution in [-0.4, -0.2) is 23.9 Å². The fraction of sp³-hybridized carbons (Fsp3) is 0.136. The van der Waals surface area contributed by atoms with Gasteiger partial charge in [0.05, 0.1) is 23.9 Å². The Hall–Kier alpha value is -3.12. The number of amides is 2. The largest absolute Gasteiger partial charge is 0.497 e. The number of nitrogens with zero attached hydrogens (tertiary/aromatic N) is 2. The zero-order valence-electron chi connectivity index (χ0n) is 15.5. The van der Waals surface area contributed by atoms with Crippen molar-refractivity contribution in [3.63, 3.8) is 0 Å². The SMILES string of the molecule is COc1cccc(N2C(=O)c3cc(C)nc(SCc4ccccc4)c3C2=O)c1. The van der Waals surface area contributed by atoms with Crippen molar-refractivity contribution in [2.24, 2.45) is 0 Å². The predicted molar refractivity (Wildman–Crippen MR) is 109 cm³/mol. The first kappa shape index (κ1) is 18.3. The molecule has 2 amide bonds. The molecule has 0 fully saturated rings. The number of rotatable bonds is 5. The number of hydrogen-bond acceptors (Lipinski definition) is 5. The lowest BCUT2D eigenvalue weighted by Crippen LogP contribution is -2.29. The molecule has 28 heavy (non-hydrogen) atoms. The average molecular weight is 390 g/mol. The molecule has 2 heterocycles. The molecule has 0 saturated carbocycles. The summed E-state index contributed by atoms with van der Waals surface area (Å²) >= 11 is 1.47. The number of ether oxygens (including phenoxy) is 1. The van der Waals surface area contributed by atoms with Crippen LogP contribution in [0.4, 0.5) is 5.69 Å². The number of methoxy groups -OCH3 is 1. The van der Waals surface area contributed by atoms with Gasteiger partial charge in [-0.2, -0.15) is 0 Å². The summed E-state index contributed by atoms with van der Waals surface area (Å²) < 4.78 is 5.23. The molecule has 1 aliphatic heterocycles. The molecule has 6 heteroatoms. The van der Waals surface area contributed by atoms with Crippen LogP contribution in [-0.2, 0) is 5.75 Å². The highest BCUT2D eigenvalue weighted by atomic mass is 32.2. The maximum absolute atomic E-state index is 13.2. The van der Waals surface area contributed by atoms with Gasteiger partial charge < -0.3 is 4.74 Å². The minimum absolute atomic E-state index is 0.333. The lowest BCUT2D eigenvalue weighted by molar-refractivity contribution is 0.0925. The van der Waals surface area contributed by atoms with E-state index in [4.69, 9.17) is 4.74 Å². The van der Waals surface area contributed by atoms with Crippen LogP contribution in [0.25, 0.3) is 0 Å². The topological polar surface area (TPSA) is 59.5 Å². The van der Waals surface area contributed by atoms with Crippen molar-refractivity contribution in [3.05, 3.63) is 83.0 Å². The molecular formula is C22H18N2O3S. The molecule has 0 radical (unpaired) electrons. The number of pyridine rings is 1. The zero-order valence-corrected chi connectivity index (χ0v) is 16.3. The summed E-state index contributed by atoms with van der Waals surface area (Å²) in [7, 11) is 1.55. The Bertz CT molecular complexity index is 1070. The Morgan fingerprint density at radius 3 is 2.54 bits per heavy atom. The monoisotopic (exact) mass is 390 g/mol. The Labute approximate surface area is 167 Å². The summed E-state index contributed by atoms with van der Waals surface area (Å²) in [4.78, 5) is 31.9. The molecule has 1 aliphatic rings. The number of thioether (sulfide) groups is 1. The quantitative estimate of drug-likeness (QED) is 0.474. The maximum atomic E-state index is 13.2. The van der Waals surface area contributed by atoms with Gasteiger partial charge in [0.25, 0.3) is 11.8 Å². The van der Waals surface area contributed by atoms with Gasteiger partial charge >= 0.3 is 0 Å².